The summed E-state index contributed by atoms with van der Waals surface area (Å²) in [6, 6.07) is -1.50. The molecule has 26 heteroatoms. The molecule has 5 rings (SSSR count). The molecule has 26 nitrogen and oxygen atoms in total. The Labute approximate surface area is 472 Å². The van der Waals surface area contributed by atoms with E-state index in [2.05, 4.69) is 31.2 Å². The van der Waals surface area contributed by atoms with Crippen molar-refractivity contribution >= 4 is 71.0 Å². The predicted octanol–water partition coefficient (Wildman–Crippen LogP) is -0.396. The van der Waals surface area contributed by atoms with E-state index in [0.29, 0.717) is 36.8 Å². The number of cyclic esters (lactones) is 2. The van der Waals surface area contributed by atoms with Crippen LogP contribution in [0.4, 0.5) is 0 Å². The number of aromatic nitrogens is 2. The third-order valence-corrected chi connectivity index (χ3v) is 14.4. The van der Waals surface area contributed by atoms with Crippen molar-refractivity contribution in [1.29, 1.82) is 0 Å². The van der Waals surface area contributed by atoms with E-state index in [0.717, 1.165) is 19.6 Å². The van der Waals surface area contributed by atoms with Crippen LogP contribution in [0.1, 0.15) is 106 Å². The summed E-state index contributed by atoms with van der Waals surface area (Å²) < 4.78 is 11.5. The van der Waals surface area contributed by atoms with Gasteiger partial charge in [-0.25, -0.2) is 9.59 Å². The molecule has 3 aliphatic heterocycles. The molecule has 0 aromatic carbocycles. The highest BCUT2D eigenvalue weighted by atomic mass is 16.5. The van der Waals surface area contributed by atoms with Crippen molar-refractivity contribution in [3.05, 3.63) is 59.2 Å². The van der Waals surface area contributed by atoms with Crippen LogP contribution in [-0.4, -0.2) is 227 Å². The summed E-state index contributed by atoms with van der Waals surface area (Å²) in [7, 11) is 5.28. The van der Waals surface area contributed by atoms with Crippen LogP contribution in [0.5, 0.6) is 0 Å². The van der Waals surface area contributed by atoms with E-state index in [-0.39, 0.29) is 44.7 Å². The number of rotatable bonds is 6. The zero-order valence-corrected chi connectivity index (χ0v) is 47.3. The van der Waals surface area contributed by atoms with Crippen LogP contribution in [0.15, 0.2) is 36.7 Å². The molecule has 2 aromatic rings. The van der Waals surface area contributed by atoms with Crippen molar-refractivity contribution in [3.63, 3.8) is 0 Å². The van der Waals surface area contributed by atoms with Crippen molar-refractivity contribution in [2.75, 3.05) is 80.7 Å². The summed E-state index contributed by atoms with van der Waals surface area (Å²) in [5.74, 6) is -10.5. The fraction of sp³-hybridized carbons (Fsp3) is 0.600. The van der Waals surface area contributed by atoms with Crippen molar-refractivity contribution in [2.45, 2.75) is 124 Å². The van der Waals surface area contributed by atoms with E-state index in [1.165, 1.54) is 50.4 Å². The smallest absolute Gasteiger partial charge is 0.329 e. The number of aryl methyl sites for hydroxylation is 2. The second-order valence-corrected chi connectivity index (χ2v) is 21.1. The number of esters is 2. The zero-order valence-electron chi connectivity index (χ0n) is 47.3. The fourth-order valence-electron chi connectivity index (χ4n) is 9.79. The Bertz CT molecular complexity index is 2490. The number of hydrogen-bond donors (Lipinski definition) is 4. The lowest BCUT2D eigenvalue weighted by molar-refractivity contribution is -0.159. The molecular formula is C55H80N12O14. The fourth-order valence-corrected chi connectivity index (χ4v) is 9.79. The van der Waals surface area contributed by atoms with Crippen molar-refractivity contribution < 1.29 is 67.0 Å². The van der Waals surface area contributed by atoms with Gasteiger partial charge in [0.05, 0.1) is 26.2 Å². The van der Waals surface area contributed by atoms with Gasteiger partial charge in [0.2, 0.25) is 47.3 Å². The number of nitrogens with zero attached hydrogens (tertiary/aromatic N) is 8. The van der Waals surface area contributed by atoms with Gasteiger partial charge in [-0.3, -0.25) is 57.9 Å². The lowest BCUT2D eigenvalue weighted by atomic mass is 10.00. The van der Waals surface area contributed by atoms with Crippen LogP contribution < -0.4 is 21.3 Å². The van der Waals surface area contributed by atoms with Crippen molar-refractivity contribution in [1.82, 2.24) is 60.6 Å². The average Bonchev–Trinajstić information content (AvgIpc) is 3.42. The second-order valence-electron chi connectivity index (χ2n) is 21.1. The molecule has 0 unspecified atom stereocenters. The van der Waals surface area contributed by atoms with Gasteiger partial charge in [-0.05, 0) is 87.5 Å². The molecule has 10 amide bonds. The number of pyridine rings is 2. The topological polar surface area (TPSA) is 317 Å². The molecule has 0 bridgehead atoms. The summed E-state index contributed by atoms with van der Waals surface area (Å²) in [5.41, 5.74) is 0.906. The quantitative estimate of drug-likeness (QED) is 0.268. The summed E-state index contributed by atoms with van der Waals surface area (Å²) >= 11 is 0. The standard InChI is InChI=1S/C54H76N12O14.CH4/c1-31(2)45-53(77)79-29-35(59-49(73)43-33(5)17-15-21-55-43)51(75)65-23-13-11-19-37(65)47(71)58-26-40(68)62(8)28-42(70)64(10)46(32(3)4)54(78)80-30-36(60-50(74)44-34(6)18-16-22-56-44)52(76)66-24-14-12-20-38(66)48(72)57-25-39(67)61(7)27-41(69)63(45)9;/h15-18,21-22,31-32,35-38,45-46H,11-14,19-20,23-30H2,1-10H3,(H,57,72)(H,58,71)(H,59,73)(H,60,74);1H4/t35-,36-,37+,38+,45+,46+;/m1./s1. The number of amides is 10. The molecule has 0 aliphatic carbocycles. The first-order valence-electron chi connectivity index (χ1n) is 26.8. The number of fused-ring (bicyclic) bond motifs is 2. The average molecular weight is 1130 g/mol. The Balaban J connectivity index is 0.0000141. The van der Waals surface area contributed by atoms with Crippen LogP contribution in [0.3, 0.4) is 0 Å². The normalized spacial score (nSPS) is 23.7. The summed E-state index contributed by atoms with van der Waals surface area (Å²) in [4.78, 5) is 182. The molecule has 5 heterocycles. The van der Waals surface area contributed by atoms with Gasteiger partial charge in [0, 0.05) is 53.7 Å². The van der Waals surface area contributed by atoms with E-state index < -0.39 is 158 Å². The largest absolute Gasteiger partial charge is 0.461 e. The lowest BCUT2D eigenvalue weighted by Gasteiger charge is -2.37. The van der Waals surface area contributed by atoms with Crippen LogP contribution in [-0.2, 0) is 57.4 Å². The predicted molar refractivity (Wildman–Crippen MR) is 292 cm³/mol. The Morgan fingerprint density at radius 2 is 0.926 bits per heavy atom. The number of carbonyl (C=O) groups excluding carboxylic acids is 12. The third-order valence-electron chi connectivity index (χ3n) is 14.4. The molecule has 0 saturated carbocycles. The van der Waals surface area contributed by atoms with E-state index in [9.17, 15) is 57.5 Å². The Kier molecular flexibility index (Phi) is 24.2. The van der Waals surface area contributed by atoms with Gasteiger partial charge in [0.25, 0.3) is 11.8 Å². The minimum Gasteiger partial charge on any atom is -0.461 e. The second kappa shape index (κ2) is 30.0. The molecule has 444 valence electrons. The Morgan fingerprint density at radius 1 is 0.568 bits per heavy atom. The first-order valence-corrected chi connectivity index (χ1v) is 26.8. The molecule has 81 heavy (non-hydrogen) atoms. The number of ether oxygens (including phenoxy) is 2. The lowest BCUT2D eigenvalue weighted by Crippen LogP contribution is -2.59. The van der Waals surface area contributed by atoms with E-state index in [1.807, 2.05) is 0 Å². The summed E-state index contributed by atoms with van der Waals surface area (Å²) in [6.45, 7) is 6.12. The highest BCUT2D eigenvalue weighted by Gasteiger charge is 2.41. The van der Waals surface area contributed by atoms with E-state index in [1.54, 1.807) is 65.8 Å². The minimum atomic E-state index is -1.58. The highest BCUT2D eigenvalue weighted by molar-refractivity contribution is 6.00. The summed E-state index contributed by atoms with van der Waals surface area (Å²) in [5, 5.41) is 10.3. The molecule has 3 fully saturated rings. The number of piperidine rings is 2. The molecule has 2 aromatic heterocycles. The number of nitrogens with one attached hydrogen (secondary N) is 4. The molecule has 0 spiro atoms. The van der Waals surface area contributed by atoms with Crippen LogP contribution in [0.25, 0.3) is 0 Å². The van der Waals surface area contributed by atoms with Crippen molar-refractivity contribution in [3.8, 4) is 0 Å². The summed E-state index contributed by atoms with van der Waals surface area (Å²) in [6.07, 6.45) is 5.03. The Hall–Kier alpha value is -8.06. The van der Waals surface area contributed by atoms with Crippen LogP contribution >= 0.6 is 0 Å². The zero-order chi connectivity index (χ0) is 59.1. The van der Waals surface area contributed by atoms with Gasteiger partial charge in [-0.15, -0.1) is 0 Å². The van der Waals surface area contributed by atoms with Crippen LogP contribution in [0, 0.1) is 25.7 Å². The molecule has 3 aliphatic rings. The first-order chi connectivity index (χ1) is 37.8. The molecule has 4 N–H and O–H groups in total. The minimum absolute atomic E-state index is 0. The van der Waals surface area contributed by atoms with Crippen molar-refractivity contribution in [2.24, 2.45) is 11.8 Å². The van der Waals surface area contributed by atoms with Gasteiger partial charge in [0.15, 0.2) is 0 Å². The van der Waals surface area contributed by atoms with Gasteiger partial charge >= 0.3 is 11.9 Å². The molecule has 6 atom stereocenters. The van der Waals surface area contributed by atoms with E-state index in [4.69, 9.17) is 9.47 Å². The maximum Gasteiger partial charge on any atom is 0.329 e. The first kappa shape index (κ1) is 65.5. The Morgan fingerprint density at radius 3 is 1.26 bits per heavy atom. The van der Waals surface area contributed by atoms with Crippen LogP contribution in [0.2, 0.25) is 0 Å². The maximum absolute atomic E-state index is 14.6. The third kappa shape index (κ3) is 17.0. The molecular weight excluding hydrogens is 1050 g/mol. The highest BCUT2D eigenvalue weighted by Crippen LogP contribution is 2.22. The number of carbonyl (C=O) groups is 12. The van der Waals surface area contributed by atoms with Gasteiger partial charge in [-0.1, -0.05) is 47.3 Å². The van der Waals surface area contributed by atoms with E-state index >= 15 is 0 Å². The SMILES string of the molecule is C.Cc1cccnc1C(=O)N[C@@H]1COC(=O)[C@H](C(C)C)N(C)C(=O)CN(C)C(=O)CNC(=O)[C@@H]2CCCCN2C(=O)[C@H](NC(=O)c2ncccc2C)COC(=O)[C@H](C(C)C)N(C)C(=O)CN(C)C(=O)CNC(=O)[C@@H]2CCCCN2C1=O. The monoisotopic (exact) mass is 1130 g/mol. The number of likely N-dealkylation sites (N-methyl/N-ethyl adjacent to an activating group) is 4. The van der Waals surface area contributed by atoms with Gasteiger partial charge < -0.3 is 60.1 Å². The number of hydrogen-bond acceptors (Lipinski definition) is 16. The maximum atomic E-state index is 14.6. The molecule has 3 saturated heterocycles. The van der Waals surface area contributed by atoms with Gasteiger partial charge in [-0.2, -0.15) is 0 Å². The van der Waals surface area contributed by atoms with Gasteiger partial charge in [0.1, 0.15) is 60.9 Å². The molecule has 0 radical (unpaired) electrons.